The van der Waals surface area contributed by atoms with Gasteiger partial charge in [-0.25, -0.2) is 4.79 Å². The Morgan fingerprint density at radius 3 is 3.06 bits per heavy atom. The third-order valence-corrected chi connectivity index (χ3v) is 4.95. The molecule has 3 atom stereocenters. The van der Waals surface area contributed by atoms with E-state index in [4.69, 9.17) is 0 Å². The quantitative estimate of drug-likeness (QED) is 0.763. The average Bonchev–Trinajstić information content (AvgIpc) is 2.83. The van der Waals surface area contributed by atoms with Crippen LogP contribution >= 0.6 is 11.8 Å². The molecule has 0 aromatic carbocycles. The average molecular weight is 268 g/mol. The summed E-state index contributed by atoms with van der Waals surface area (Å²) in [5.41, 5.74) is 0. The van der Waals surface area contributed by atoms with Crippen LogP contribution in [0.15, 0.2) is 12.4 Å². The van der Waals surface area contributed by atoms with Crippen LogP contribution in [0.25, 0.3) is 0 Å². The van der Waals surface area contributed by atoms with E-state index in [1.807, 2.05) is 6.92 Å². The van der Waals surface area contributed by atoms with E-state index in [1.165, 1.54) is 16.7 Å². The molecular formula is C10H12N4O3S. The van der Waals surface area contributed by atoms with Crippen LogP contribution in [0.5, 0.6) is 0 Å². The second kappa shape index (κ2) is 3.71. The number of carbonyl (C=O) groups excluding carboxylic acids is 1. The number of aromatic nitrogens is 3. The molecule has 96 valence electrons. The van der Waals surface area contributed by atoms with Gasteiger partial charge in [0.15, 0.2) is 0 Å². The highest BCUT2D eigenvalue weighted by molar-refractivity contribution is 8.01. The van der Waals surface area contributed by atoms with E-state index in [0.29, 0.717) is 13.0 Å². The van der Waals surface area contributed by atoms with Gasteiger partial charge in [0.25, 0.3) is 0 Å². The van der Waals surface area contributed by atoms with Crippen molar-refractivity contribution in [3.8, 4) is 0 Å². The van der Waals surface area contributed by atoms with E-state index in [1.54, 1.807) is 17.1 Å². The largest absolute Gasteiger partial charge is 0.480 e. The number of nitrogens with zero attached hydrogens (tertiary/aromatic N) is 4. The Balaban J connectivity index is 1.90. The summed E-state index contributed by atoms with van der Waals surface area (Å²) in [6, 6.07) is -0.794. The molecular weight excluding hydrogens is 256 g/mol. The van der Waals surface area contributed by atoms with Gasteiger partial charge < -0.3 is 10.0 Å². The first-order valence-electron chi connectivity index (χ1n) is 5.57. The maximum Gasteiger partial charge on any atom is 0.327 e. The molecule has 2 aliphatic rings. The Bertz CT molecular complexity index is 505. The van der Waals surface area contributed by atoms with Crippen LogP contribution in [-0.4, -0.2) is 53.0 Å². The first kappa shape index (κ1) is 11.5. The zero-order valence-corrected chi connectivity index (χ0v) is 10.5. The highest BCUT2D eigenvalue weighted by Gasteiger charge is 2.60. The number of hydrogen-bond donors (Lipinski definition) is 1. The molecule has 3 heterocycles. The molecule has 2 saturated heterocycles. The summed E-state index contributed by atoms with van der Waals surface area (Å²) in [6.45, 7) is 2.29. The first-order chi connectivity index (χ1) is 8.51. The van der Waals surface area contributed by atoms with Crippen LogP contribution in [0.2, 0.25) is 0 Å². The summed E-state index contributed by atoms with van der Waals surface area (Å²) in [5.74, 6) is -1.04. The van der Waals surface area contributed by atoms with Gasteiger partial charge in [0.1, 0.15) is 6.04 Å². The maximum absolute atomic E-state index is 11.5. The van der Waals surface area contributed by atoms with Gasteiger partial charge in [0, 0.05) is 6.20 Å². The molecule has 2 aliphatic heterocycles. The monoisotopic (exact) mass is 268 g/mol. The van der Waals surface area contributed by atoms with Crippen molar-refractivity contribution < 1.29 is 14.7 Å². The van der Waals surface area contributed by atoms with Crippen LogP contribution in [0.1, 0.15) is 13.3 Å². The fourth-order valence-electron chi connectivity index (χ4n) is 2.62. The van der Waals surface area contributed by atoms with Crippen LogP contribution in [0.3, 0.4) is 0 Å². The molecule has 0 saturated carbocycles. The van der Waals surface area contributed by atoms with Crippen molar-refractivity contribution in [2.24, 2.45) is 0 Å². The molecule has 0 aliphatic carbocycles. The molecule has 8 heteroatoms. The number of aliphatic carboxylic acids is 1. The third-order valence-electron chi connectivity index (χ3n) is 3.39. The normalized spacial score (nSPS) is 34.3. The summed E-state index contributed by atoms with van der Waals surface area (Å²) in [6.07, 6.45) is 3.68. The second-order valence-corrected chi connectivity index (χ2v) is 6.44. The lowest BCUT2D eigenvalue weighted by Crippen LogP contribution is -2.58. The third kappa shape index (κ3) is 1.52. The first-order valence-corrected chi connectivity index (χ1v) is 6.45. The van der Waals surface area contributed by atoms with E-state index in [-0.39, 0.29) is 11.3 Å². The standard InChI is InChI=1S/C10H12N4O3S/c1-10(5-13-3-2-11-12-13)8(9(16)17)14-6(15)4-7(14)18-10/h2-3,7-8H,4-5H2,1H3,(H,16,17)/t7-,8+,10-/m1/s1. The lowest BCUT2D eigenvalue weighted by molar-refractivity contribution is -0.157. The fraction of sp³-hybridized carbons (Fsp3) is 0.600. The number of carbonyl (C=O) groups is 2. The number of β-lactam (4-membered cyclic amide) rings is 1. The van der Waals surface area contributed by atoms with Crippen LogP contribution in [0.4, 0.5) is 0 Å². The van der Waals surface area contributed by atoms with E-state index in [0.717, 1.165) is 0 Å². The zero-order valence-electron chi connectivity index (χ0n) is 9.68. The van der Waals surface area contributed by atoms with Gasteiger partial charge in [-0.05, 0) is 6.92 Å². The minimum atomic E-state index is -0.958. The highest BCUT2D eigenvalue weighted by Crippen LogP contribution is 2.51. The minimum Gasteiger partial charge on any atom is -0.480 e. The minimum absolute atomic E-state index is 0.00729. The Hall–Kier alpha value is -1.57. The molecule has 18 heavy (non-hydrogen) atoms. The molecule has 3 rings (SSSR count). The number of thioether (sulfide) groups is 1. The molecule has 2 fully saturated rings. The van der Waals surface area contributed by atoms with Gasteiger partial charge in [-0.3, -0.25) is 9.48 Å². The number of rotatable bonds is 3. The summed E-state index contributed by atoms with van der Waals surface area (Å²) >= 11 is 1.54. The van der Waals surface area contributed by atoms with Crippen molar-refractivity contribution in [1.29, 1.82) is 0 Å². The lowest BCUT2D eigenvalue weighted by atomic mass is 9.96. The zero-order chi connectivity index (χ0) is 12.9. The molecule has 1 amide bonds. The van der Waals surface area contributed by atoms with Gasteiger partial charge in [-0.1, -0.05) is 5.21 Å². The van der Waals surface area contributed by atoms with E-state index >= 15 is 0 Å². The van der Waals surface area contributed by atoms with Crippen LogP contribution in [-0.2, 0) is 16.1 Å². The van der Waals surface area contributed by atoms with Crippen molar-refractivity contribution >= 4 is 23.6 Å². The van der Waals surface area contributed by atoms with Gasteiger partial charge in [-0.2, -0.15) is 0 Å². The van der Waals surface area contributed by atoms with Gasteiger partial charge in [0.2, 0.25) is 5.91 Å². The van der Waals surface area contributed by atoms with E-state index in [9.17, 15) is 14.7 Å². The van der Waals surface area contributed by atoms with Gasteiger partial charge in [0.05, 0.1) is 29.3 Å². The lowest BCUT2D eigenvalue weighted by Gasteiger charge is -2.36. The molecule has 7 nitrogen and oxygen atoms in total. The van der Waals surface area contributed by atoms with Gasteiger partial charge in [-0.15, -0.1) is 16.9 Å². The van der Waals surface area contributed by atoms with Crippen molar-refractivity contribution in [2.45, 2.75) is 36.1 Å². The smallest absolute Gasteiger partial charge is 0.327 e. The van der Waals surface area contributed by atoms with Crippen molar-refractivity contribution in [3.05, 3.63) is 12.4 Å². The number of fused-ring (bicyclic) bond motifs is 1. The molecule has 0 unspecified atom stereocenters. The molecule has 1 aromatic rings. The highest BCUT2D eigenvalue weighted by atomic mass is 32.2. The molecule has 1 N–H and O–H groups in total. The predicted molar refractivity (Wildman–Crippen MR) is 62.7 cm³/mol. The number of hydrogen-bond acceptors (Lipinski definition) is 5. The topological polar surface area (TPSA) is 88.3 Å². The molecule has 0 radical (unpaired) electrons. The molecule has 1 aromatic heterocycles. The fourth-order valence-corrected chi connectivity index (χ4v) is 4.37. The Morgan fingerprint density at radius 1 is 1.72 bits per heavy atom. The number of carboxylic acid groups (broad SMARTS) is 1. The Labute approximate surface area is 107 Å². The van der Waals surface area contributed by atoms with E-state index < -0.39 is 16.8 Å². The Kier molecular flexibility index (Phi) is 2.37. The molecule has 0 bridgehead atoms. The van der Waals surface area contributed by atoms with Crippen LogP contribution < -0.4 is 0 Å². The second-order valence-electron chi connectivity index (χ2n) is 4.73. The Morgan fingerprint density at radius 2 is 2.50 bits per heavy atom. The SMILES string of the molecule is C[C@]1(Cn2ccnn2)S[C@@H]2CC(=O)N2[C@H]1C(=O)O. The predicted octanol–water partition coefficient (Wildman–Crippen LogP) is -0.205. The number of carboxylic acids is 1. The van der Waals surface area contributed by atoms with Crippen molar-refractivity contribution in [1.82, 2.24) is 19.9 Å². The summed E-state index contributed by atoms with van der Waals surface area (Å²) in [7, 11) is 0. The maximum atomic E-state index is 11.5. The summed E-state index contributed by atoms with van der Waals surface area (Å²) < 4.78 is 1.04. The number of amides is 1. The summed E-state index contributed by atoms with van der Waals surface area (Å²) in [5, 5.41) is 16.9. The van der Waals surface area contributed by atoms with Crippen molar-refractivity contribution in [2.75, 3.05) is 0 Å². The molecule has 0 spiro atoms. The van der Waals surface area contributed by atoms with Gasteiger partial charge >= 0.3 is 5.97 Å². The van der Waals surface area contributed by atoms with E-state index in [2.05, 4.69) is 10.3 Å². The van der Waals surface area contributed by atoms with Crippen LogP contribution in [0, 0.1) is 0 Å². The summed E-state index contributed by atoms with van der Waals surface area (Å²) in [4.78, 5) is 24.4. The van der Waals surface area contributed by atoms with Crippen molar-refractivity contribution in [3.63, 3.8) is 0 Å².